The van der Waals surface area contributed by atoms with Gasteiger partial charge >= 0.3 is 0 Å². The van der Waals surface area contributed by atoms with Gasteiger partial charge in [0.2, 0.25) is 4.96 Å². The molecular weight excluding hydrogens is 332 g/mol. The molecule has 0 radical (unpaired) electrons. The lowest BCUT2D eigenvalue weighted by Gasteiger charge is -2.02. The molecule has 0 saturated heterocycles. The molecule has 0 amide bonds. The van der Waals surface area contributed by atoms with Gasteiger partial charge in [-0.2, -0.15) is 13.9 Å². The maximum atomic E-state index is 13.2. The van der Waals surface area contributed by atoms with Crippen molar-refractivity contribution in [1.82, 2.24) is 14.6 Å². The van der Waals surface area contributed by atoms with E-state index in [2.05, 4.69) is 10.1 Å². The van der Waals surface area contributed by atoms with Crippen molar-refractivity contribution in [3.8, 4) is 11.5 Å². The van der Waals surface area contributed by atoms with Crippen molar-refractivity contribution in [2.24, 2.45) is 0 Å². The highest BCUT2D eigenvalue weighted by molar-refractivity contribution is 7.16. The fourth-order valence-corrected chi connectivity index (χ4v) is 3.10. The van der Waals surface area contributed by atoms with Gasteiger partial charge in [-0.3, -0.25) is 0 Å². The number of fused-ring (bicyclic) bond motifs is 2. The molecule has 0 fully saturated rings. The SMILES string of the molecule is CC(F)(F)c1nn2cc(-c3cc4ccc(Cl)cc4o3)nc2s1. The summed E-state index contributed by atoms with van der Waals surface area (Å²) in [6, 6.07) is 7.16. The van der Waals surface area contributed by atoms with Crippen LogP contribution in [-0.2, 0) is 5.92 Å². The van der Waals surface area contributed by atoms with Gasteiger partial charge in [0.1, 0.15) is 11.3 Å². The van der Waals surface area contributed by atoms with Crippen LogP contribution in [0.2, 0.25) is 5.02 Å². The molecule has 0 unspecified atom stereocenters. The largest absolute Gasteiger partial charge is 0.454 e. The predicted octanol–water partition coefficient (Wildman–Crippen LogP) is 4.97. The summed E-state index contributed by atoms with van der Waals surface area (Å²) in [4.78, 5) is 4.69. The van der Waals surface area contributed by atoms with Crippen molar-refractivity contribution in [2.45, 2.75) is 12.8 Å². The van der Waals surface area contributed by atoms with Gasteiger partial charge in [-0.25, -0.2) is 9.50 Å². The zero-order valence-electron chi connectivity index (χ0n) is 11.2. The zero-order chi connectivity index (χ0) is 15.5. The first-order valence-corrected chi connectivity index (χ1v) is 7.53. The van der Waals surface area contributed by atoms with Gasteiger partial charge in [0.05, 0.1) is 6.20 Å². The number of benzene rings is 1. The van der Waals surface area contributed by atoms with Gasteiger partial charge in [-0.05, 0) is 18.2 Å². The van der Waals surface area contributed by atoms with E-state index in [-0.39, 0.29) is 5.01 Å². The highest BCUT2D eigenvalue weighted by Gasteiger charge is 2.30. The quantitative estimate of drug-likeness (QED) is 0.518. The molecule has 8 heteroatoms. The van der Waals surface area contributed by atoms with Gasteiger partial charge in [-0.1, -0.05) is 22.9 Å². The highest BCUT2D eigenvalue weighted by Crippen LogP contribution is 2.33. The average molecular weight is 340 g/mol. The van der Waals surface area contributed by atoms with Crippen molar-refractivity contribution < 1.29 is 13.2 Å². The van der Waals surface area contributed by atoms with Crippen molar-refractivity contribution >= 4 is 38.9 Å². The summed E-state index contributed by atoms with van der Waals surface area (Å²) < 4.78 is 33.5. The van der Waals surface area contributed by atoms with Gasteiger partial charge in [0.25, 0.3) is 5.92 Å². The average Bonchev–Trinajstić information content (AvgIpc) is 3.07. The first-order valence-electron chi connectivity index (χ1n) is 6.34. The van der Waals surface area contributed by atoms with E-state index in [1.165, 1.54) is 4.52 Å². The molecule has 3 aromatic heterocycles. The predicted molar refractivity (Wildman–Crippen MR) is 80.7 cm³/mol. The molecule has 1 aromatic carbocycles. The van der Waals surface area contributed by atoms with Crippen molar-refractivity contribution in [2.75, 3.05) is 0 Å². The van der Waals surface area contributed by atoms with Crippen LogP contribution in [0, 0.1) is 0 Å². The Bertz CT molecular complexity index is 967. The van der Waals surface area contributed by atoms with Crippen LogP contribution >= 0.6 is 22.9 Å². The van der Waals surface area contributed by atoms with Crippen LogP contribution in [0.4, 0.5) is 8.78 Å². The van der Waals surface area contributed by atoms with Crippen LogP contribution in [0.25, 0.3) is 27.4 Å². The number of hydrogen-bond donors (Lipinski definition) is 0. The second-order valence-corrected chi connectivity index (χ2v) is 6.33. The highest BCUT2D eigenvalue weighted by atomic mass is 35.5. The van der Waals surface area contributed by atoms with E-state index < -0.39 is 5.92 Å². The molecule has 0 bridgehead atoms. The number of aromatic nitrogens is 3. The number of alkyl halides is 2. The molecule has 0 aliphatic rings. The third kappa shape index (κ3) is 2.17. The maximum Gasteiger partial charge on any atom is 0.298 e. The summed E-state index contributed by atoms with van der Waals surface area (Å²) in [5.41, 5.74) is 1.18. The fraction of sp³-hybridized carbons (Fsp3) is 0.143. The molecule has 0 saturated carbocycles. The fourth-order valence-electron chi connectivity index (χ4n) is 2.13. The summed E-state index contributed by atoms with van der Waals surface area (Å²) in [5, 5.41) is 5.06. The molecule has 3 heterocycles. The van der Waals surface area contributed by atoms with E-state index in [9.17, 15) is 8.78 Å². The Kier molecular flexibility index (Phi) is 2.79. The zero-order valence-corrected chi connectivity index (χ0v) is 12.8. The summed E-state index contributed by atoms with van der Waals surface area (Å²) in [7, 11) is 0. The second kappa shape index (κ2) is 4.50. The number of nitrogens with zero attached hydrogens (tertiary/aromatic N) is 3. The van der Waals surface area contributed by atoms with E-state index in [1.54, 1.807) is 18.3 Å². The lowest BCUT2D eigenvalue weighted by molar-refractivity contribution is 0.0163. The van der Waals surface area contributed by atoms with Gasteiger partial charge in [0, 0.05) is 23.4 Å². The van der Waals surface area contributed by atoms with Crippen molar-refractivity contribution in [1.29, 1.82) is 0 Å². The lowest BCUT2D eigenvalue weighted by Crippen LogP contribution is -2.06. The number of imidazole rings is 1. The van der Waals surface area contributed by atoms with E-state index >= 15 is 0 Å². The third-order valence-corrected chi connectivity index (χ3v) is 4.48. The molecule has 0 spiro atoms. The van der Waals surface area contributed by atoms with Gasteiger partial charge in [-0.15, -0.1) is 0 Å². The van der Waals surface area contributed by atoms with Crippen LogP contribution in [-0.4, -0.2) is 14.6 Å². The molecule has 0 aliphatic heterocycles. The number of hydrogen-bond acceptors (Lipinski definition) is 4. The normalized spacial score (nSPS) is 12.5. The molecule has 22 heavy (non-hydrogen) atoms. The molecule has 0 aliphatic carbocycles. The first kappa shape index (κ1) is 13.7. The molecule has 4 rings (SSSR count). The summed E-state index contributed by atoms with van der Waals surface area (Å²) in [6.07, 6.45) is 1.57. The summed E-state index contributed by atoms with van der Waals surface area (Å²) in [5.74, 6) is -2.43. The van der Waals surface area contributed by atoms with Crippen molar-refractivity contribution in [3.63, 3.8) is 0 Å². The Labute approximate surface area is 131 Å². The van der Waals surface area contributed by atoms with Crippen LogP contribution in [0.5, 0.6) is 0 Å². The lowest BCUT2D eigenvalue weighted by atomic mass is 10.2. The number of furan rings is 1. The smallest absolute Gasteiger partial charge is 0.298 e. The number of rotatable bonds is 2. The summed E-state index contributed by atoms with van der Waals surface area (Å²) in [6.45, 7) is 0.815. The van der Waals surface area contributed by atoms with Crippen LogP contribution < -0.4 is 0 Å². The van der Waals surface area contributed by atoms with E-state index in [1.807, 2.05) is 12.1 Å². The van der Waals surface area contributed by atoms with Crippen LogP contribution in [0.3, 0.4) is 0 Å². The van der Waals surface area contributed by atoms with Gasteiger partial charge < -0.3 is 4.42 Å². The van der Waals surface area contributed by atoms with E-state index in [0.29, 0.717) is 27.0 Å². The van der Waals surface area contributed by atoms with Crippen molar-refractivity contribution in [3.05, 3.63) is 40.5 Å². The standard InChI is InChI=1S/C14H8ClF2N3OS/c1-14(16,17)12-19-20-6-9(18-13(20)22-12)11-4-7-2-3-8(15)5-10(7)21-11/h2-6H,1H3. The Morgan fingerprint density at radius 1 is 1.32 bits per heavy atom. The maximum absolute atomic E-state index is 13.2. The molecule has 0 N–H and O–H groups in total. The molecule has 0 atom stereocenters. The topological polar surface area (TPSA) is 43.3 Å². The summed E-state index contributed by atoms with van der Waals surface area (Å²) >= 11 is 6.78. The Balaban J connectivity index is 1.80. The molecular formula is C14H8ClF2N3OS. The Morgan fingerprint density at radius 2 is 2.14 bits per heavy atom. The van der Waals surface area contributed by atoms with Crippen LogP contribution in [0.1, 0.15) is 11.9 Å². The third-order valence-electron chi connectivity index (χ3n) is 3.15. The Hall–Kier alpha value is -1.99. The first-order chi connectivity index (χ1) is 10.4. The molecule has 112 valence electrons. The monoisotopic (exact) mass is 339 g/mol. The number of halogens is 3. The van der Waals surface area contributed by atoms with Gasteiger partial charge in [0.15, 0.2) is 10.8 Å². The van der Waals surface area contributed by atoms with Crippen LogP contribution in [0.15, 0.2) is 34.9 Å². The minimum absolute atomic E-state index is 0.266. The second-order valence-electron chi connectivity index (χ2n) is 4.94. The van der Waals surface area contributed by atoms with E-state index in [4.69, 9.17) is 16.0 Å². The Morgan fingerprint density at radius 3 is 2.86 bits per heavy atom. The minimum Gasteiger partial charge on any atom is -0.454 e. The van der Waals surface area contributed by atoms with E-state index in [0.717, 1.165) is 23.6 Å². The minimum atomic E-state index is -2.97. The molecule has 4 aromatic rings. The molecule has 4 nitrogen and oxygen atoms in total.